The summed E-state index contributed by atoms with van der Waals surface area (Å²) >= 11 is 5.90. The highest BCUT2D eigenvalue weighted by molar-refractivity contribution is 6.30. The number of methoxy groups -OCH3 is 1. The van der Waals surface area contributed by atoms with Gasteiger partial charge in [0.05, 0.1) is 18.2 Å². The van der Waals surface area contributed by atoms with Crippen LogP contribution < -0.4 is 0 Å². The average molecular weight is 443 g/mol. The van der Waals surface area contributed by atoms with Crippen molar-refractivity contribution in [3.05, 3.63) is 69.7 Å². The van der Waals surface area contributed by atoms with E-state index in [4.69, 9.17) is 16.3 Å². The number of hydrogen-bond donors (Lipinski definition) is 0. The van der Waals surface area contributed by atoms with Gasteiger partial charge in [0.2, 0.25) is 5.91 Å². The molecule has 1 aliphatic heterocycles. The highest BCUT2D eigenvalue weighted by Gasteiger charge is 2.35. The predicted octanol–water partition coefficient (Wildman–Crippen LogP) is 3.23. The molecule has 0 atom stereocenters. The maximum Gasteiger partial charge on any atom is 0.325 e. The first-order valence-corrected chi connectivity index (χ1v) is 10.2. The molecule has 8 heteroatoms. The van der Waals surface area contributed by atoms with Crippen molar-refractivity contribution < 1.29 is 23.9 Å². The Bertz CT molecular complexity index is 1020. The first kappa shape index (κ1) is 22.5. The summed E-state index contributed by atoms with van der Waals surface area (Å²) in [6.07, 6.45) is 0.374. The molecule has 0 aromatic heterocycles. The van der Waals surface area contributed by atoms with E-state index < -0.39 is 5.97 Å². The van der Waals surface area contributed by atoms with E-state index in [-0.39, 0.29) is 43.8 Å². The quantitative estimate of drug-likeness (QED) is 0.463. The molecule has 3 rings (SSSR count). The van der Waals surface area contributed by atoms with E-state index in [0.29, 0.717) is 22.6 Å². The van der Waals surface area contributed by atoms with Crippen molar-refractivity contribution in [3.8, 4) is 0 Å². The van der Waals surface area contributed by atoms with Crippen molar-refractivity contribution in [2.45, 2.75) is 26.3 Å². The van der Waals surface area contributed by atoms with Gasteiger partial charge in [-0.2, -0.15) is 0 Å². The van der Waals surface area contributed by atoms with Gasteiger partial charge in [-0.1, -0.05) is 35.4 Å². The Hall–Kier alpha value is -3.19. The Labute approximate surface area is 185 Å². The van der Waals surface area contributed by atoms with Crippen molar-refractivity contribution in [2.24, 2.45) is 0 Å². The summed E-state index contributed by atoms with van der Waals surface area (Å²) < 4.78 is 4.70. The molecular weight excluding hydrogens is 420 g/mol. The van der Waals surface area contributed by atoms with Crippen molar-refractivity contribution in [3.63, 3.8) is 0 Å². The van der Waals surface area contributed by atoms with E-state index >= 15 is 0 Å². The van der Waals surface area contributed by atoms with E-state index in [9.17, 15) is 19.2 Å². The average Bonchev–Trinajstić information content (AvgIpc) is 2.98. The molecule has 0 saturated carbocycles. The van der Waals surface area contributed by atoms with Crippen LogP contribution in [-0.4, -0.2) is 53.7 Å². The van der Waals surface area contributed by atoms with Gasteiger partial charge >= 0.3 is 5.97 Å². The molecule has 2 aromatic carbocycles. The summed E-state index contributed by atoms with van der Waals surface area (Å²) in [5.74, 6) is -1.49. The van der Waals surface area contributed by atoms with Gasteiger partial charge in [-0.05, 0) is 43.2 Å². The van der Waals surface area contributed by atoms with Crippen molar-refractivity contribution in [2.75, 3.05) is 20.2 Å². The monoisotopic (exact) mass is 442 g/mol. The van der Waals surface area contributed by atoms with Crippen LogP contribution in [0.3, 0.4) is 0 Å². The van der Waals surface area contributed by atoms with E-state index in [1.807, 2.05) is 6.92 Å². The van der Waals surface area contributed by atoms with Crippen molar-refractivity contribution in [1.82, 2.24) is 9.80 Å². The Balaban J connectivity index is 1.61. The van der Waals surface area contributed by atoms with Crippen LogP contribution in [0.4, 0.5) is 0 Å². The van der Waals surface area contributed by atoms with Crippen LogP contribution in [0.15, 0.2) is 42.5 Å². The second kappa shape index (κ2) is 9.75. The Morgan fingerprint density at radius 3 is 2.39 bits per heavy atom. The van der Waals surface area contributed by atoms with Gasteiger partial charge < -0.3 is 9.64 Å². The summed E-state index contributed by atoms with van der Waals surface area (Å²) in [5, 5.41) is 0.575. The lowest BCUT2D eigenvalue weighted by Crippen LogP contribution is -2.36. The van der Waals surface area contributed by atoms with Gasteiger partial charge in [0.1, 0.15) is 6.54 Å². The molecule has 162 valence electrons. The third kappa shape index (κ3) is 5.30. The maximum atomic E-state index is 12.8. The number of esters is 1. The molecule has 0 spiro atoms. The second-order valence-electron chi connectivity index (χ2n) is 7.37. The van der Waals surface area contributed by atoms with Gasteiger partial charge in [-0.25, -0.2) is 0 Å². The third-order valence-electron chi connectivity index (χ3n) is 5.09. The zero-order valence-corrected chi connectivity index (χ0v) is 18.1. The number of carbonyl (C=O) groups excluding carboxylic acids is 4. The zero-order valence-electron chi connectivity index (χ0n) is 17.4. The fraction of sp³-hybridized carbons (Fsp3) is 0.304. The van der Waals surface area contributed by atoms with Gasteiger partial charge in [-0.3, -0.25) is 24.1 Å². The van der Waals surface area contributed by atoms with Crippen LogP contribution in [0.5, 0.6) is 0 Å². The zero-order chi connectivity index (χ0) is 22.5. The van der Waals surface area contributed by atoms with Gasteiger partial charge in [0, 0.05) is 24.5 Å². The number of nitrogens with zero attached hydrogens (tertiary/aromatic N) is 2. The summed E-state index contributed by atoms with van der Waals surface area (Å²) in [6.45, 7) is 2.02. The summed E-state index contributed by atoms with van der Waals surface area (Å²) in [6, 6.07) is 12.1. The SMILES string of the molecule is COC(=O)CN(Cc1ccc(Cl)cc1)C(=O)CCCN1C(=O)c2ccc(C)cc2C1=O. The lowest BCUT2D eigenvalue weighted by Gasteiger charge is -2.22. The Morgan fingerprint density at radius 2 is 1.71 bits per heavy atom. The molecule has 7 nitrogen and oxygen atoms in total. The molecule has 0 radical (unpaired) electrons. The second-order valence-corrected chi connectivity index (χ2v) is 7.80. The van der Waals surface area contributed by atoms with Crippen LogP contribution in [0.1, 0.15) is 44.7 Å². The molecule has 0 bridgehead atoms. The molecule has 1 heterocycles. The molecule has 0 fully saturated rings. The smallest absolute Gasteiger partial charge is 0.325 e. The minimum Gasteiger partial charge on any atom is -0.468 e. The molecule has 31 heavy (non-hydrogen) atoms. The first-order valence-electron chi connectivity index (χ1n) is 9.86. The number of hydrogen-bond acceptors (Lipinski definition) is 5. The topological polar surface area (TPSA) is 84.0 Å². The number of fused-ring (bicyclic) bond motifs is 1. The van der Waals surface area contributed by atoms with Crippen molar-refractivity contribution in [1.29, 1.82) is 0 Å². The number of halogens is 1. The number of ether oxygens (including phenoxy) is 1. The molecule has 0 saturated heterocycles. The molecule has 3 amide bonds. The van der Waals surface area contributed by atoms with Crippen LogP contribution in [-0.2, 0) is 20.9 Å². The highest BCUT2D eigenvalue weighted by Crippen LogP contribution is 2.24. The first-order chi connectivity index (χ1) is 14.8. The fourth-order valence-electron chi connectivity index (χ4n) is 3.42. The predicted molar refractivity (Wildman–Crippen MR) is 115 cm³/mol. The molecule has 1 aliphatic rings. The number of rotatable bonds is 8. The number of carbonyl (C=O) groups is 4. The van der Waals surface area contributed by atoms with Crippen LogP contribution >= 0.6 is 11.6 Å². The Morgan fingerprint density at radius 1 is 1.03 bits per heavy atom. The molecule has 0 aliphatic carbocycles. The van der Waals surface area contributed by atoms with Crippen molar-refractivity contribution >= 4 is 35.3 Å². The van der Waals surface area contributed by atoms with E-state index in [2.05, 4.69) is 0 Å². The van der Waals surface area contributed by atoms with Gasteiger partial charge in [0.15, 0.2) is 0 Å². The number of imide groups is 1. The molecule has 2 aromatic rings. The molecule has 0 unspecified atom stereocenters. The van der Waals surface area contributed by atoms with Crippen LogP contribution in [0.2, 0.25) is 5.02 Å². The van der Waals surface area contributed by atoms with E-state index in [1.54, 1.807) is 42.5 Å². The summed E-state index contributed by atoms with van der Waals surface area (Å²) in [7, 11) is 1.26. The van der Waals surface area contributed by atoms with Gasteiger partial charge in [-0.15, -0.1) is 0 Å². The maximum absolute atomic E-state index is 12.8. The van der Waals surface area contributed by atoms with E-state index in [1.165, 1.54) is 16.9 Å². The lowest BCUT2D eigenvalue weighted by molar-refractivity contribution is -0.147. The standard InChI is InChI=1S/C23H23ClN2O5/c1-15-5-10-18-19(12-15)23(30)26(22(18)29)11-3-4-20(27)25(14-21(28)31-2)13-16-6-8-17(24)9-7-16/h5-10,12H,3-4,11,13-14H2,1-2H3. The molecular formula is C23H23ClN2O5. The highest BCUT2D eigenvalue weighted by atomic mass is 35.5. The number of benzene rings is 2. The normalized spacial score (nSPS) is 12.7. The fourth-order valence-corrected chi connectivity index (χ4v) is 3.54. The van der Waals surface area contributed by atoms with Crippen LogP contribution in [0, 0.1) is 6.92 Å². The summed E-state index contributed by atoms with van der Waals surface area (Å²) in [5.41, 5.74) is 2.50. The lowest BCUT2D eigenvalue weighted by atomic mass is 10.1. The minimum atomic E-state index is -0.530. The van der Waals surface area contributed by atoms with Gasteiger partial charge in [0.25, 0.3) is 11.8 Å². The van der Waals surface area contributed by atoms with Crippen LogP contribution in [0.25, 0.3) is 0 Å². The minimum absolute atomic E-state index is 0.0804. The largest absolute Gasteiger partial charge is 0.468 e. The Kier molecular flexibility index (Phi) is 7.07. The molecule has 0 N–H and O–H groups in total. The summed E-state index contributed by atoms with van der Waals surface area (Å²) in [4.78, 5) is 52.2. The third-order valence-corrected chi connectivity index (χ3v) is 5.34. The number of aryl methyl sites for hydroxylation is 1. The van der Waals surface area contributed by atoms with E-state index in [0.717, 1.165) is 11.1 Å². The number of amides is 3.